The van der Waals surface area contributed by atoms with Gasteiger partial charge in [-0.1, -0.05) is 0 Å². The van der Waals surface area contributed by atoms with Gasteiger partial charge >= 0.3 is 0 Å². The van der Waals surface area contributed by atoms with Crippen molar-refractivity contribution >= 4 is 15.6 Å². The number of carbonyl (C=O) groups is 1. The summed E-state index contributed by atoms with van der Waals surface area (Å²) >= 11 is 0. The highest BCUT2D eigenvalue weighted by Crippen LogP contribution is 2.24. The molecule has 0 saturated carbocycles. The van der Waals surface area contributed by atoms with Crippen LogP contribution in [0.3, 0.4) is 0 Å². The lowest BCUT2D eigenvalue weighted by Gasteiger charge is -2.12. The van der Waals surface area contributed by atoms with Crippen LogP contribution in [-0.2, 0) is 22.8 Å². The van der Waals surface area contributed by atoms with Gasteiger partial charge in [0.2, 0.25) is 0 Å². The van der Waals surface area contributed by atoms with Crippen molar-refractivity contribution in [2.24, 2.45) is 0 Å². The number of hydrogen-bond acceptors (Lipinski definition) is 6. The Balaban J connectivity index is 1.81. The lowest BCUT2D eigenvalue weighted by Crippen LogP contribution is -2.17. The van der Waals surface area contributed by atoms with Gasteiger partial charge < -0.3 is 0 Å². The van der Waals surface area contributed by atoms with Crippen molar-refractivity contribution in [2.45, 2.75) is 53.1 Å². The molecule has 1 atom stereocenters. The second kappa shape index (κ2) is 6.36. The van der Waals surface area contributed by atoms with Crippen molar-refractivity contribution in [3.8, 4) is 0 Å². The maximum absolute atomic E-state index is 11.8. The second-order valence-corrected chi connectivity index (χ2v) is 8.88. The molecule has 136 valence electrons. The van der Waals surface area contributed by atoms with Crippen molar-refractivity contribution in [1.82, 2.24) is 24.5 Å². The minimum absolute atomic E-state index is 0.0106. The van der Waals surface area contributed by atoms with Gasteiger partial charge in [-0.15, -0.1) is 0 Å². The number of rotatable bonds is 5. The Labute approximate surface area is 147 Å². The molecule has 2 aromatic rings. The van der Waals surface area contributed by atoms with Crippen molar-refractivity contribution in [3.05, 3.63) is 28.6 Å². The van der Waals surface area contributed by atoms with E-state index in [1.807, 2.05) is 18.5 Å². The monoisotopic (exact) mass is 365 g/mol. The fourth-order valence-corrected chi connectivity index (χ4v) is 5.23. The van der Waals surface area contributed by atoms with Crippen LogP contribution in [-0.4, -0.2) is 50.3 Å². The van der Waals surface area contributed by atoms with E-state index in [2.05, 4.69) is 15.2 Å². The summed E-state index contributed by atoms with van der Waals surface area (Å²) in [6.45, 7) is 7.63. The summed E-state index contributed by atoms with van der Waals surface area (Å²) in [6, 6.07) is -0.144. The molecule has 3 rings (SSSR count). The van der Waals surface area contributed by atoms with Crippen LogP contribution in [0.25, 0.3) is 0 Å². The van der Waals surface area contributed by atoms with Gasteiger partial charge in [0, 0.05) is 18.7 Å². The van der Waals surface area contributed by atoms with E-state index in [0.29, 0.717) is 30.8 Å². The molecule has 0 amide bonds. The maximum atomic E-state index is 11.8. The highest BCUT2D eigenvalue weighted by atomic mass is 32.2. The molecular formula is C16H23N5O3S. The molecule has 1 aliphatic heterocycles. The number of hydrogen-bond donors (Lipinski definition) is 0. The molecule has 9 heteroatoms. The van der Waals surface area contributed by atoms with Gasteiger partial charge in [0.15, 0.2) is 15.6 Å². The normalized spacial score (nSPS) is 19.4. The van der Waals surface area contributed by atoms with Crippen molar-refractivity contribution in [1.29, 1.82) is 0 Å². The van der Waals surface area contributed by atoms with E-state index in [4.69, 9.17) is 0 Å². The van der Waals surface area contributed by atoms with E-state index in [-0.39, 0.29) is 23.3 Å². The van der Waals surface area contributed by atoms with Crippen LogP contribution in [0, 0.1) is 20.8 Å². The van der Waals surface area contributed by atoms with Crippen LogP contribution in [0.15, 0.2) is 0 Å². The summed E-state index contributed by atoms with van der Waals surface area (Å²) in [7, 11) is -2.98. The summed E-state index contributed by atoms with van der Waals surface area (Å²) in [6.07, 6.45) is 1.16. The van der Waals surface area contributed by atoms with Gasteiger partial charge in [-0.3, -0.25) is 9.48 Å². The maximum Gasteiger partial charge on any atom is 0.163 e. The predicted octanol–water partition coefficient (Wildman–Crippen LogP) is 1.20. The molecule has 2 aromatic heterocycles. The second-order valence-electron chi connectivity index (χ2n) is 6.65. The van der Waals surface area contributed by atoms with Crippen LogP contribution in [0.5, 0.6) is 0 Å². The van der Waals surface area contributed by atoms with Crippen LogP contribution in [0.2, 0.25) is 0 Å². The average molecular weight is 365 g/mol. The number of nitrogens with zero attached hydrogens (tertiary/aromatic N) is 5. The first-order chi connectivity index (χ1) is 11.7. The first kappa shape index (κ1) is 17.8. The zero-order valence-electron chi connectivity index (χ0n) is 15.0. The Hall–Kier alpha value is -2.03. The van der Waals surface area contributed by atoms with Gasteiger partial charge in [-0.05, 0) is 34.1 Å². The lowest BCUT2D eigenvalue weighted by molar-refractivity contribution is 0.101. The summed E-state index contributed by atoms with van der Waals surface area (Å²) in [4.78, 5) is 16.2. The van der Waals surface area contributed by atoms with E-state index < -0.39 is 9.84 Å². The van der Waals surface area contributed by atoms with Gasteiger partial charge in [0.05, 0.1) is 28.8 Å². The summed E-state index contributed by atoms with van der Waals surface area (Å²) in [5, 5.41) is 8.85. The van der Waals surface area contributed by atoms with Gasteiger partial charge in [0.25, 0.3) is 0 Å². The van der Waals surface area contributed by atoms with Crippen LogP contribution >= 0.6 is 0 Å². The van der Waals surface area contributed by atoms with Gasteiger partial charge in [0.1, 0.15) is 11.6 Å². The Morgan fingerprint density at radius 2 is 1.96 bits per heavy atom. The summed E-state index contributed by atoms with van der Waals surface area (Å²) < 4.78 is 27.1. The lowest BCUT2D eigenvalue weighted by atomic mass is 10.1. The Bertz CT molecular complexity index is 926. The molecule has 0 unspecified atom stereocenters. The van der Waals surface area contributed by atoms with Crippen molar-refractivity contribution in [3.63, 3.8) is 0 Å². The number of Topliss-reactive ketones (excluding diaryl/α,β-unsaturated/α-hetero) is 1. The van der Waals surface area contributed by atoms with Crippen LogP contribution in [0.4, 0.5) is 0 Å². The average Bonchev–Trinajstić information content (AvgIpc) is 3.12. The third kappa shape index (κ3) is 3.51. The largest absolute Gasteiger partial charge is 0.294 e. The number of ketones is 1. The summed E-state index contributed by atoms with van der Waals surface area (Å²) in [5.41, 5.74) is 2.24. The highest BCUT2D eigenvalue weighted by molar-refractivity contribution is 7.91. The fraction of sp³-hybridized carbons (Fsp3) is 0.625. The minimum Gasteiger partial charge on any atom is -0.294 e. The first-order valence-electron chi connectivity index (χ1n) is 8.35. The molecule has 1 aliphatic rings. The number of aromatic nitrogens is 5. The molecule has 0 bridgehead atoms. The summed E-state index contributed by atoms with van der Waals surface area (Å²) in [5.74, 6) is 1.73. The predicted molar refractivity (Wildman–Crippen MR) is 92.5 cm³/mol. The molecule has 3 heterocycles. The molecule has 0 aliphatic carbocycles. The molecule has 1 fully saturated rings. The topological polar surface area (TPSA) is 99.7 Å². The smallest absolute Gasteiger partial charge is 0.163 e. The molecule has 1 saturated heterocycles. The molecule has 0 N–H and O–H groups in total. The third-order valence-corrected chi connectivity index (χ3v) is 6.39. The standard InChI is InChI=1S/C16H23N5O3S/c1-10-16(12(3)22)11(2)20(18-10)7-5-15-17-13(4)19-21(15)14-6-8-25(23,24)9-14/h14H,5-9H2,1-4H3/t14-/m1/s1. The number of aryl methyl sites for hydroxylation is 4. The van der Waals surface area contributed by atoms with Crippen molar-refractivity contribution in [2.75, 3.05) is 11.5 Å². The minimum atomic E-state index is -2.98. The number of sulfone groups is 1. The van der Waals surface area contributed by atoms with E-state index in [1.165, 1.54) is 0 Å². The van der Waals surface area contributed by atoms with E-state index in [0.717, 1.165) is 17.2 Å². The van der Waals surface area contributed by atoms with Gasteiger partial charge in [-0.25, -0.2) is 18.1 Å². The van der Waals surface area contributed by atoms with E-state index >= 15 is 0 Å². The molecule has 25 heavy (non-hydrogen) atoms. The Kier molecular flexibility index (Phi) is 4.52. The van der Waals surface area contributed by atoms with E-state index in [1.54, 1.807) is 18.5 Å². The Morgan fingerprint density at radius 3 is 2.52 bits per heavy atom. The molecular weight excluding hydrogens is 342 g/mol. The zero-order valence-corrected chi connectivity index (χ0v) is 15.8. The van der Waals surface area contributed by atoms with Crippen LogP contribution in [0.1, 0.15) is 52.8 Å². The van der Waals surface area contributed by atoms with Crippen molar-refractivity contribution < 1.29 is 13.2 Å². The molecule has 0 spiro atoms. The quantitative estimate of drug-likeness (QED) is 0.738. The fourth-order valence-electron chi connectivity index (χ4n) is 3.54. The number of carbonyl (C=O) groups excluding carboxylic acids is 1. The SMILES string of the molecule is CC(=O)c1c(C)nn(CCc2nc(C)nn2[C@@H]2CCS(=O)(=O)C2)c1C. The highest BCUT2D eigenvalue weighted by Gasteiger charge is 2.31. The zero-order chi connectivity index (χ0) is 18.4. The van der Waals surface area contributed by atoms with E-state index in [9.17, 15) is 13.2 Å². The van der Waals surface area contributed by atoms with Gasteiger partial charge in [-0.2, -0.15) is 10.2 Å². The molecule has 0 aromatic carbocycles. The molecule has 8 nitrogen and oxygen atoms in total. The molecule has 0 radical (unpaired) electrons. The van der Waals surface area contributed by atoms with Crippen LogP contribution < -0.4 is 0 Å². The third-order valence-electron chi connectivity index (χ3n) is 4.64. The Morgan fingerprint density at radius 1 is 1.24 bits per heavy atom. The first-order valence-corrected chi connectivity index (χ1v) is 10.2.